The number of unbranched alkanes of at least 4 members (excludes halogenated alkanes) is 1. The van der Waals surface area contributed by atoms with Crippen LogP contribution < -0.4 is 0 Å². The van der Waals surface area contributed by atoms with Crippen LogP contribution in [0.3, 0.4) is 0 Å². The summed E-state index contributed by atoms with van der Waals surface area (Å²) in [5.74, 6) is 1.12. The van der Waals surface area contributed by atoms with E-state index >= 15 is 0 Å². The normalized spacial score (nSPS) is 20.5. The molecule has 1 unspecified atom stereocenters. The zero-order chi connectivity index (χ0) is 14.3. The zero-order valence-corrected chi connectivity index (χ0v) is 13.5. The van der Waals surface area contributed by atoms with Crippen molar-refractivity contribution in [1.82, 2.24) is 4.90 Å². The van der Waals surface area contributed by atoms with Gasteiger partial charge in [-0.1, -0.05) is 58.8 Å². The Hall–Kier alpha value is -0.370. The monoisotopic (exact) mass is 267 g/mol. The number of hydrogen-bond donors (Lipinski definition) is 0. The van der Waals surface area contributed by atoms with E-state index in [0.29, 0.717) is 11.7 Å². The third-order valence-corrected chi connectivity index (χ3v) is 5.07. The molecule has 1 aliphatic carbocycles. The molecular weight excluding hydrogens is 234 g/mol. The van der Waals surface area contributed by atoms with Crippen molar-refractivity contribution in [2.45, 2.75) is 83.6 Å². The third-order valence-electron chi connectivity index (χ3n) is 5.07. The van der Waals surface area contributed by atoms with Gasteiger partial charge >= 0.3 is 0 Å². The SMILES string of the molecule is CCCCC(CC)CC(=O)C1(N(C)C)CCCCC1. The number of nitrogens with zero attached hydrogens (tertiary/aromatic N) is 1. The lowest BCUT2D eigenvalue weighted by atomic mass is 9.74. The van der Waals surface area contributed by atoms with E-state index in [2.05, 4.69) is 32.8 Å². The first-order valence-electron chi connectivity index (χ1n) is 8.27. The van der Waals surface area contributed by atoms with E-state index < -0.39 is 0 Å². The number of ketones is 1. The van der Waals surface area contributed by atoms with Crippen LogP contribution >= 0.6 is 0 Å². The average Bonchev–Trinajstić information content (AvgIpc) is 2.43. The highest BCUT2D eigenvalue weighted by Crippen LogP contribution is 2.35. The molecule has 112 valence electrons. The second kappa shape index (κ2) is 8.04. The van der Waals surface area contributed by atoms with E-state index in [4.69, 9.17) is 0 Å². The smallest absolute Gasteiger partial charge is 0.153 e. The molecule has 0 radical (unpaired) electrons. The van der Waals surface area contributed by atoms with Crippen molar-refractivity contribution in [3.63, 3.8) is 0 Å². The standard InChI is InChI=1S/C17H33NO/c1-5-7-11-15(6-2)14-16(19)17(18(3)4)12-9-8-10-13-17/h15H,5-14H2,1-4H3. The van der Waals surface area contributed by atoms with Gasteiger partial charge in [-0.2, -0.15) is 0 Å². The Morgan fingerprint density at radius 3 is 2.26 bits per heavy atom. The van der Waals surface area contributed by atoms with E-state index in [9.17, 15) is 4.79 Å². The molecule has 1 rings (SSSR count). The van der Waals surface area contributed by atoms with Gasteiger partial charge in [0.05, 0.1) is 5.54 Å². The molecule has 0 aromatic rings. The number of hydrogen-bond acceptors (Lipinski definition) is 2. The number of likely N-dealkylation sites (N-methyl/N-ethyl adjacent to an activating group) is 1. The summed E-state index contributed by atoms with van der Waals surface area (Å²) in [7, 11) is 4.19. The lowest BCUT2D eigenvalue weighted by Gasteiger charge is -2.42. The number of Topliss-reactive ketones (excluding diaryl/α,β-unsaturated/α-hetero) is 1. The van der Waals surface area contributed by atoms with Crippen LogP contribution in [0.4, 0.5) is 0 Å². The second-order valence-corrected chi connectivity index (χ2v) is 6.53. The topological polar surface area (TPSA) is 20.3 Å². The minimum Gasteiger partial charge on any atom is -0.298 e. The first kappa shape index (κ1) is 16.7. The Morgan fingerprint density at radius 2 is 1.79 bits per heavy atom. The Morgan fingerprint density at radius 1 is 1.16 bits per heavy atom. The minimum atomic E-state index is -0.141. The van der Waals surface area contributed by atoms with Gasteiger partial charge in [-0.05, 0) is 32.9 Å². The predicted molar refractivity (Wildman–Crippen MR) is 82.4 cm³/mol. The maximum absolute atomic E-state index is 12.9. The maximum atomic E-state index is 12.9. The third kappa shape index (κ3) is 4.30. The summed E-state index contributed by atoms with van der Waals surface area (Å²) in [6.07, 6.45) is 11.6. The fourth-order valence-corrected chi connectivity index (χ4v) is 3.51. The Balaban J connectivity index is 2.66. The minimum absolute atomic E-state index is 0.141. The van der Waals surface area contributed by atoms with Gasteiger partial charge in [0.2, 0.25) is 0 Å². The highest BCUT2D eigenvalue weighted by Gasteiger charge is 2.41. The molecular formula is C17H33NO. The van der Waals surface area contributed by atoms with E-state index in [1.54, 1.807) is 0 Å². The highest BCUT2D eigenvalue weighted by atomic mass is 16.1. The van der Waals surface area contributed by atoms with Crippen molar-refractivity contribution < 1.29 is 4.79 Å². The van der Waals surface area contributed by atoms with Crippen molar-refractivity contribution >= 4 is 5.78 Å². The summed E-state index contributed by atoms with van der Waals surface area (Å²) in [4.78, 5) is 15.1. The summed E-state index contributed by atoms with van der Waals surface area (Å²) < 4.78 is 0. The van der Waals surface area contributed by atoms with Crippen LogP contribution in [0, 0.1) is 5.92 Å². The van der Waals surface area contributed by atoms with Gasteiger partial charge < -0.3 is 0 Å². The molecule has 1 saturated carbocycles. The van der Waals surface area contributed by atoms with Gasteiger partial charge in [-0.3, -0.25) is 9.69 Å². The molecule has 0 aromatic heterocycles. The van der Waals surface area contributed by atoms with Crippen LogP contribution in [0.1, 0.15) is 78.1 Å². The molecule has 0 saturated heterocycles. The summed E-state index contributed by atoms with van der Waals surface area (Å²) in [6.45, 7) is 4.47. The largest absolute Gasteiger partial charge is 0.298 e. The van der Waals surface area contributed by atoms with Gasteiger partial charge in [0.1, 0.15) is 0 Å². The predicted octanol–water partition coefficient (Wildman–Crippen LogP) is 4.43. The van der Waals surface area contributed by atoms with Gasteiger partial charge in [-0.25, -0.2) is 0 Å². The van der Waals surface area contributed by atoms with Gasteiger partial charge in [0.15, 0.2) is 5.78 Å². The molecule has 0 amide bonds. The first-order valence-corrected chi connectivity index (χ1v) is 8.27. The first-order chi connectivity index (χ1) is 9.06. The molecule has 19 heavy (non-hydrogen) atoms. The molecule has 0 bridgehead atoms. The van der Waals surface area contributed by atoms with Crippen LogP contribution in [-0.2, 0) is 4.79 Å². The van der Waals surface area contributed by atoms with E-state index in [1.807, 2.05) is 0 Å². The lowest BCUT2D eigenvalue weighted by Crippen LogP contribution is -2.52. The molecule has 0 aromatic carbocycles. The summed E-state index contributed by atoms with van der Waals surface area (Å²) in [5.41, 5.74) is -0.141. The Bertz CT molecular complexity index is 266. The molecule has 1 atom stereocenters. The number of carbonyl (C=O) groups excluding carboxylic acids is 1. The lowest BCUT2D eigenvalue weighted by molar-refractivity contribution is -0.133. The highest BCUT2D eigenvalue weighted by molar-refractivity contribution is 5.88. The van der Waals surface area contributed by atoms with Crippen molar-refractivity contribution in [2.75, 3.05) is 14.1 Å². The van der Waals surface area contributed by atoms with E-state index in [0.717, 1.165) is 25.7 Å². The summed E-state index contributed by atoms with van der Waals surface area (Å²) in [5, 5.41) is 0. The summed E-state index contributed by atoms with van der Waals surface area (Å²) >= 11 is 0. The maximum Gasteiger partial charge on any atom is 0.153 e. The van der Waals surface area contributed by atoms with Crippen molar-refractivity contribution in [1.29, 1.82) is 0 Å². The van der Waals surface area contributed by atoms with Crippen LogP contribution in [0.15, 0.2) is 0 Å². The van der Waals surface area contributed by atoms with Gasteiger partial charge in [0.25, 0.3) is 0 Å². The Kier molecular flexibility index (Phi) is 7.06. The Labute approximate surface area is 119 Å². The van der Waals surface area contributed by atoms with E-state index in [-0.39, 0.29) is 5.54 Å². The fourth-order valence-electron chi connectivity index (χ4n) is 3.51. The van der Waals surface area contributed by atoms with Crippen molar-refractivity contribution in [3.05, 3.63) is 0 Å². The second-order valence-electron chi connectivity index (χ2n) is 6.53. The molecule has 0 N–H and O–H groups in total. The molecule has 0 aliphatic heterocycles. The number of rotatable bonds is 8. The molecule has 1 aliphatic rings. The van der Waals surface area contributed by atoms with Gasteiger partial charge in [0, 0.05) is 6.42 Å². The van der Waals surface area contributed by atoms with Crippen LogP contribution in [0.5, 0.6) is 0 Å². The average molecular weight is 267 g/mol. The quantitative estimate of drug-likeness (QED) is 0.648. The molecule has 2 heteroatoms. The van der Waals surface area contributed by atoms with Crippen LogP contribution in [-0.4, -0.2) is 30.3 Å². The zero-order valence-electron chi connectivity index (χ0n) is 13.5. The van der Waals surface area contributed by atoms with Crippen LogP contribution in [0.25, 0.3) is 0 Å². The molecule has 1 fully saturated rings. The van der Waals surface area contributed by atoms with Crippen molar-refractivity contribution in [3.8, 4) is 0 Å². The summed E-state index contributed by atoms with van der Waals surface area (Å²) in [6, 6.07) is 0. The molecule has 0 spiro atoms. The van der Waals surface area contributed by atoms with E-state index in [1.165, 1.54) is 38.5 Å². The van der Waals surface area contributed by atoms with Gasteiger partial charge in [-0.15, -0.1) is 0 Å². The number of carbonyl (C=O) groups is 1. The molecule has 2 nitrogen and oxygen atoms in total. The van der Waals surface area contributed by atoms with Crippen LogP contribution in [0.2, 0.25) is 0 Å². The molecule has 0 heterocycles. The van der Waals surface area contributed by atoms with Crippen molar-refractivity contribution in [2.24, 2.45) is 5.92 Å². The fraction of sp³-hybridized carbons (Fsp3) is 0.941.